The average Bonchev–Trinajstić information content (AvgIpc) is 3.03. The maximum absolute atomic E-state index is 11.7. The summed E-state index contributed by atoms with van der Waals surface area (Å²) in [5.41, 5.74) is 0. The number of aliphatic imine (C=N–C) groups is 1. The Morgan fingerprint density at radius 1 is 1.21 bits per heavy atom. The molecule has 1 unspecified atom stereocenters. The molecule has 1 atom stereocenters. The molecule has 0 spiro atoms. The zero-order valence-electron chi connectivity index (χ0n) is 15.4. The van der Waals surface area contributed by atoms with Crippen LogP contribution in [0.5, 0.6) is 0 Å². The number of halogens is 1. The Bertz CT molecular complexity index is 410. The van der Waals surface area contributed by atoms with E-state index < -0.39 is 0 Å². The molecule has 6 nitrogen and oxygen atoms in total. The largest absolute Gasteiger partial charge is 0.356 e. The summed E-state index contributed by atoms with van der Waals surface area (Å²) < 4.78 is 0. The SMILES string of the molecule is CCC(=O)N1CCC(NC(=NC)NCCC2CCN(C)CC2)C1.I. The van der Waals surface area contributed by atoms with E-state index in [9.17, 15) is 4.79 Å². The van der Waals surface area contributed by atoms with E-state index in [0.717, 1.165) is 37.9 Å². The van der Waals surface area contributed by atoms with Crippen LogP contribution in [-0.2, 0) is 4.79 Å². The maximum atomic E-state index is 11.7. The molecule has 2 aliphatic heterocycles. The number of rotatable bonds is 5. The van der Waals surface area contributed by atoms with Gasteiger partial charge in [-0.25, -0.2) is 0 Å². The quantitative estimate of drug-likeness (QED) is 0.378. The molecule has 2 N–H and O–H groups in total. The number of hydrogen-bond donors (Lipinski definition) is 2. The highest BCUT2D eigenvalue weighted by Crippen LogP contribution is 2.18. The van der Waals surface area contributed by atoms with Gasteiger partial charge in [0.25, 0.3) is 0 Å². The molecule has 2 rings (SSSR count). The van der Waals surface area contributed by atoms with Crippen LogP contribution in [0.25, 0.3) is 0 Å². The number of carbonyl (C=O) groups excluding carboxylic acids is 1. The van der Waals surface area contributed by atoms with Crippen molar-refractivity contribution in [2.45, 2.75) is 45.1 Å². The van der Waals surface area contributed by atoms with E-state index in [4.69, 9.17) is 0 Å². The smallest absolute Gasteiger partial charge is 0.222 e. The van der Waals surface area contributed by atoms with Crippen LogP contribution in [0.15, 0.2) is 4.99 Å². The predicted molar refractivity (Wildman–Crippen MR) is 110 cm³/mol. The second kappa shape index (κ2) is 11.1. The van der Waals surface area contributed by atoms with Crippen molar-refractivity contribution in [3.63, 3.8) is 0 Å². The summed E-state index contributed by atoms with van der Waals surface area (Å²) in [6.07, 6.45) is 5.42. The van der Waals surface area contributed by atoms with E-state index in [0.29, 0.717) is 12.5 Å². The lowest BCUT2D eigenvalue weighted by Gasteiger charge is -2.29. The van der Waals surface area contributed by atoms with Crippen molar-refractivity contribution in [3.05, 3.63) is 0 Å². The average molecular weight is 451 g/mol. The summed E-state index contributed by atoms with van der Waals surface area (Å²) in [6.45, 7) is 6.99. The highest BCUT2D eigenvalue weighted by Gasteiger charge is 2.25. The molecule has 0 bridgehead atoms. The molecule has 0 saturated carbocycles. The van der Waals surface area contributed by atoms with Crippen molar-refractivity contribution in [2.24, 2.45) is 10.9 Å². The van der Waals surface area contributed by atoms with E-state index >= 15 is 0 Å². The minimum atomic E-state index is 0. The van der Waals surface area contributed by atoms with Crippen LogP contribution >= 0.6 is 24.0 Å². The van der Waals surface area contributed by atoms with Crippen molar-refractivity contribution in [1.82, 2.24) is 20.4 Å². The Labute approximate surface area is 163 Å². The molecular formula is C17H34IN5O. The molecule has 1 amide bonds. The van der Waals surface area contributed by atoms with Crippen molar-refractivity contribution < 1.29 is 4.79 Å². The molecule has 0 aromatic heterocycles. The van der Waals surface area contributed by atoms with Crippen molar-refractivity contribution in [2.75, 3.05) is 46.8 Å². The first kappa shape index (κ1) is 21.5. The summed E-state index contributed by atoms with van der Waals surface area (Å²) in [6, 6.07) is 0.319. The molecular weight excluding hydrogens is 417 g/mol. The lowest BCUT2D eigenvalue weighted by molar-refractivity contribution is -0.129. The molecule has 0 aliphatic carbocycles. The first-order valence-electron chi connectivity index (χ1n) is 9.05. The van der Waals surface area contributed by atoms with Crippen LogP contribution in [-0.4, -0.2) is 74.5 Å². The number of nitrogens with one attached hydrogen (secondary N) is 2. The Kier molecular flexibility index (Phi) is 9.95. The number of likely N-dealkylation sites (tertiary alicyclic amines) is 2. The van der Waals surface area contributed by atoms with Gasteiger partial charge in [-0.2, -0.15) is 0 Å². The van der Waals surface area contributed by atoms with Crippen LogP contribution < -0.4 is 10.6 Å². The molecule has 0 aromatic rings. The fourth-order valence-electron chi connectivity index (χ4n) is 3.46. The highest BCUT2D eigenvalue weighted by molar-refractivity contribution is 14.0. The number of carbonyl (C=O) groups is 1. The molecule has 0 radical (unpaired) electrons. The minimum Gasteiger partial charge on any atom is -0.356 e. The summed E-state index contributed by atoms with van der Waals surface area (Å²) in [5, 5.41) is 6.89. The number of hydrogen-bond acceptors (Lipinski definition) is 3. The molecule has 0 aromatic carbocycles. The van der Waals surface area contributed by atoms with Crippen molar-refractivity contribution in [1.29, 1.82) is 0 Å². The van der Waals surface area contributed by atoms with Gasteiger partial charge in [-0.3, -0.25) is 9.79 Å². The fraction of sp³-hybridized carbons (Fsp3) is 0.882. The third-order valence-corrected chi connectivity index (χ3v) is 5.09. The number of amides is 1. The lowest BCUT2D eigenvalue weighted by atomic mass is 9.94. The number of guanidine groups is 1. The third-order valence-electron chi connectivity index (χ3n) is 5.09. The van der Waals surface area contributed by atoms with E-state index in [1.165, 1.54) is 32.4 Å². The molecule has 2 fully saturated rings. The van der Waals surface area contributed by atoms with Gasteiger partial charge in [0.05, 0.1) is 0 Å². The Hall–Kier alpha value is -0.570. The molecule has 2 saturated heterocycles. The van der Waals surface area contributed by atoms with Gasteiger partial charge >= 0.3 is 0 Å². The Balaban J connectivity index is 0.00000288. The summed E-state index contributed by atoms with van der Waals surface area (Å²) in [7, 11) is 4.02. The van der Waals surface area contributed by atoms with Gasteiger partial charge < -0.3 is 20.4 Å². The second-order valence-electron chi connectivity index (χ2n) is 6.86. The van der Waals surface area contributed by atoms with E-state index in [1.54, 1.807) is 0 Å². The highest BCUT2D eigenvalue weighted by atomic mass is 127. The zero-order valence-corrected chi connectivity index (χ0v) is 17.7. The van der Waals surface area contributed by atoms with Gasteiger partial charge in [0.1, 0.15) is 0 Å². The normalized spacial score (nSPS) is 23.0. The van der Waals surface area contributed by atoms with Crippen LogP contribution in [0.4, 0.5) is 0 Å². The van der Waals surface area contributed by atoms with Crippen molar-refractivity contribution in [3.8, 4) is 0 Å². The zero-order chi connectivity index (χ0) is 16.7. The van der Waals surface area contributed by atoms with Gasteiger partial charge in [-0.05, 0) is 51.7 Å². The first-order chi connectivity index (χ1) is 11.1. The van der Waals surface area contributed by atoms with Gasteiger partial charge in [-0.1, -0.05) is 6.92 Å². The summed E-state index contributed by atoms with van der Waals surface area (Å²) >= 11 is 0. The van der Waals surface area contributed by atoms with Crippen molar-refractivity contribution >= 4 is 35.8 Å². The lowest BCUT2D eigenvalue weighted by Crippen LogP contribution is -2.45. The molecule has 140 valence electrons. The van der Waals surface area contributed by atoms with Crippen LogP contribution in [0.3, 0.4) is 0 Å². The van der Waals surface area contributed by atoms with E-state index in [-0.39, 0.29) is 29.9 Å². The van der Waals surface area contributed by atoms with Gasteiger partial charge in [-0.15, -0.1) is 24.0 Å². The van der Waals surface area contributed by atoms with Crippen LogP contribution in [0, 0.1) is 5.92 Å². The second-order valence-corrected chi connectivity index (χ2v) is 6.86. The molecule has 7 heteroatoms. The standard InChI is InChI=1S/C17H33N5O.HI/c1-4-16(23)22-12-8-15(13-22)20-17(18-2)19-9-5-14-6-10-21(3)11-7-14;/h14-15H,4-13H2,1-3H3,(H2,18,19,20);1H. The minimum absolute atomic E-state index is 0. The number of nitrogens with zero attached hydrogens (tertiary/aromatic N) is 3. The molecule has 2 aliphatic rings. The number of piperidine rings is 1. The Morgan fingerprint density at radius 3 is 2.54 bits per heavy atom. The first-order valence-corrected chi connectivity index (χ1v) is 9.05. The van der Waals surface area contributed by atoms with Gasteiger partial charge in [0.2, 0.25) is 5.91 Å². The van der Waals surface area contributed by atoms with Crippen LogP contribution in [0.2, 0.25) is 0 Å². The van der Waals surface area contributed by atoms with Gasteiger partial charge in [0.15, 0.2) is 5.96 Å². The predicted octanol–water partition coefficient (Wildman–Crippen LogP) is 1.51. The van der Waals surface area contributed by atoms with Gasteiger partial charge in [0, 0.05) is 39.1 Å². The summed E-state index contributed by atoms with van der Waals surface area (Å²) in [4.78, 5) is 20.4. The molecule has 2 heterocycles. The fourth-order valence-corrected chi connectivity index (χ4v) is 3.46. The Morgan fingerprint density at radius 2 is 1.92 bits per heavy atom. The van der Waals surface area contributed by atoms with E-state index in [2.05, 4.69) is 27.6 Å². The maximum Gasteiger partial charge on any atom is 0.222 e. The van der Waals surface area contributed by atoms with E-state index in [1.807, 2.05) is 18.9 Å². The van der Waals surface area contributed by atoms with Crippen LogP contribution in [0.1, 0.15) is 39.0 Å². The summed E-state index contributed by atoms with van der Waals surface area (Å²) in [5.74, 6) is 1.95. The third kappa shape index (κ3) is 6.74. The monoisotopic (exact) mass is 451 g/mol. The molecule has 24 heavy (non-hydrogen) atoms. The topological polar surface area (TPSA) is 60.0 Å².